The van der Waals surface area contributed by atoms with E-state index in [9.17, 15) is 4.79 Å². The van der Waals surface area contributed by atoms with Crippen LogP contribution in [-0.4, -0.2) is 25.5 Å². The summed E-state index contributed by atoms with van der Waals surface area (Å²) in [5.74, 6) is 0.546. The summed E-state index contributed by atoms with van der Waals surface area (Å²) in [6.45, 7) is 5.14. The standard InChI is InChI=1S/C11H11ClN4O/c1-6-11(8(3)17)7(2)16(15-6)10-4-9(12)13-5-14-10/h4-5H,1-3H3. The molecule has 0 unspecified atom stereocenters. The van der Waals surface area contributed by atoms with Crippen LogP contribution in [0.25, 0.3) is 5.82 Å². The number of rotatable bonds is 2. The van der Waals surface area contributed by atoms with E-state index >= 15 is 0 Å². The van der Waals surface area contributed by atoms with Gasteiger partial charge in [-0.15, -0.1) is 0 Å². The molecule has 0 aliphatic rings. The van der Waals surface area contributed by atoms with Gasteiger partial charge >= 0.3 is 0 Å². The van der Waals surface area contributed by atoms with Crippen LogP contribution >= 0.6 is 11.6 Å². The molecule has 0 spiro atoms. The highest BCUT2D eigenvalue weighted by Gasteiger charge is 2.16. The first-order valence-electron chi connectivity index (χ1n) is 5.05. The molecular formula is C11H11ClN4O. The number of carbonyl (C=O) groups is 1. The number of carbonyl (C=O) groups excluding carboxylic acids is 1. The molecule has 0 saturated carbocycles. The van der Waals surface area contributed by atoms with Crippen LogP contribution < -0.4 is 0 Å². The van der Waals surface area contributed by atoms with Crippen LogP contribution in [0.1, 0.15) is 28.7 Å². The van der Waals surface area contributed by atoms with Crippen molar-refractivity contribution in [2.45, 2.75) is 20.8 Å². The summed E-state index contributed by atoms with van der Waals surface area (Å²) in [7, 11) is 0. The Labute approximate surface area is 103 Å². The zero-order valence-corrected chi connectivity index (χ0v) is 10.5. The van der Waals surface area contributed by atoms with E-state index in [-0.39, 0.29) is 5.78 Å². The zero-order valence-electron chi connectivity index (χ0n) is 9.73. The van der Waals surface area contributed by atoms with Crippen LogP contribution in [0, 0.1) is 13.8 Å². The monoisotopic (exact) mass is 250 g/mol. The minimum Gasteiger partial charge on any atom is -0.294 e. The van der Waals surface area contributed by atoms with Crippen molar-refractivity contribution in [3.63, 3.8) is 0 Å². The number of aromatic nitrogens is 4. The molecule has 0 fully saturated rings. The summed E-state index contributed by atoms with van der Waals surface area (Å²) in [5.41, 5.74) is 2.06. The molecule has 6 heteroatoms. The lowest BCUT2D eigenvalue weighted by Gasteiger charge is -2.03. The van der Waals surface area contributed by atoms with Crippen molar-refractivity contribution in [1.82, 2.24) is 19.7 Å². The first-order valence-corrected chi connectivity index (χ1v) is 5.43. The molecule has 0 radical (unpaired) electrons. The van der Waals surface area contributed by atoms with E-state index in [2.05, 4.69) is 15.1 Å². The van der Waals surface area contributed by atoms with Crippen LogP contribution in [0.2, 0.25) is 5.15 Å². The molecule has 2 rings (SSSR count). The van der Waals surface area contributed by atoms with Gasteiger partial charge in [0.25, 0.3) is 0 Å². The van der Waals surface area contributed by atoms with Crippen molar-refractivity contribution in [1.29, 1.82) is 0 Å². The highest BCUT2D eigenvalue weighted by atomic mass is 35.5. The number of hydrogen-bond acceptors (Lipinski definition) is 4. The summed E-state index contributed by atoms with van der Waals surface area (Å²) < 4.78 is 1.60. The fourth-order valence-corrected chi connectivity index (χ4v) is 1.96. The largest absolute Gasteiger partial charge is 0.294 e. The second-order valence-electron chi connectivity index (χ2n) is 3.71. The zero-order chi connectivity index (χ0) is 12.6. The van der Waals surface area contributed by atoms with E-state index in [0.29, 0.717) is 22.2 Å². The van der Waals surface area contributed by atoms with E-state index in [1.807, 2.05) is 6.92 Å². The predicted octanol–water partition coefficient (Wildman–Crippen LogP) is 2.14. The first-order chi connectivity index (χ1) is 8.00. The molecule has 0 saturated heterocycles. The van der Waals surface area contributed by atoms with E-state index in [0.717, 1.165) is 5.69 Å². The fourth-order valence-electron chi connectivity index (χ4n) is 1.82. The third-order valence-corrected chi connectivity index (χ3v) is 2.69. The lowest BCUT2D eigenvalue weighted by atomic mass is 10.1. The minimum atomic E-state index is -0.00796. The Bertz CT molecular complexity index is 591. The fraction of sp³-hybridized carbons (Fsp3) is 0.273. The van der Waals surface area contributed by atoms with Crippen molar-refractivity contribution >= 4 is 17.4 Å². The second kappa shape index (κ2) is 4.25. The quantitative estimate of drug-likeness (QED) is 0.605. The normalized spacial score (nSPS) is 10.6. The molecule has 0 aromatic carbocycles. The number of aryl methyl sites for hydroxylation is 1. The van der Waals surface area contributed by atoms with Crippen LogP contribution in [0.3, 0.4) is 0 Å². The van der Waals surface area contributed by atoms with Crippen LogP contribution in [0.4, 0.5) is 0 Å². The number of halogens is 1. The van der Waals surface area contributed by atoms with Gasteiger partial charge in [-0.25, -0.2) is 14.6 Å². The number of ketones is 1. The Morgan fingerprint density at radius 3 is 2.59 bits per heavy atom. The number of hydrogen-bond donors (Lipinski definition) is 0. The maximum atomic E-state index is 11.5. The molecule has 2 aromatic rings. The van der Waals surface area contributed by atoms with Gasteiger partial charge in [0.1, 0.15) is 11.5 Å². The topological polar surface area (TPSA) is 60.7 Å². The SMILES string of the molecule is CC(=O)c1c(C)nn(-c2cc(Cl)ncn2)c1C. The predicted molar refractivity (Wildman–Crippen MR) is 63.6 cm³/mol. The second-order valence-corrected chi connectivity index (χ2v) is 4.10. The van der Waals surface area contributed by atoms with Crippen molar-refractivity contribution in [3.05, 3.63) is 34.5 Å². The molecule has 2 aromatic heterocycles. The van der Waals surface area contributed by atoms with Crippen molar-refractivity contribution in [2.75, 3.05) is 0 Å². The molecule has 88 valence electrons. The maximum Gasteiger partial charge on any atom is 0.163 e. The van der Waals surface area contributed by atoms with Crippen LogP contribution in [-0.2, 0) is 0 Å². The molecule has 2 heterocycles. The molecule has 17 heavy (non-hydrogen) atoms. The van der Waals surface area contributed by atoms with E-state index < -0.39 is 0 Å². The van der Waals surface area contributed by atoms with Gasteiger partial charge in [-0.1, -0.05) is 11.6 Å². The van der Waals surface area contributed by atoms with E-state index in [1.54, 1.807) is 17.7 Å². The summed E-state index contributed by atoms with van der Waals surface area (Å²) >= 11 is 5.80. The van der Waals surface area contributed by atoms with Crippen LogP contribution in [0.15, 0.2) is 12.4 Å². The van der Waals surface area contributed by atoms with Gasteiger partial charge in [0.2, 0.25) is 0 Å². The highest BCUT2D eigenvalue weighted by Crippen LogP contribution is 2.18. The van der Waals surface area contributed by atoms with Gasteiger partial charge < -0.3 is 0 Å². The minimum absolute atomic E-state index is 0.00796. The third-order valence-electron chi connectivity index (χ3n) is 2.48. The van der Waals surface area contributed by atoms with Gasteiger partial charge in [0, 0.05) is 6.07 Å². The van der Waals surface area contributed by atoms with E-state index in [1.165, 1.54) is 13.3 Å². The Hall–Kier alpha value is -1.75. The lowest BCUT2D eigenvalue weighted by Crippen LogP contribution is -2.03. The van der Waals surface area contributed by atoms with E-state index in [4.69, 9.17) is 11.6 Å². The molecule has 5 nitrogen and oxygen atoms in total. The molecular weight excluding hydrogens is 240 g/mol. The van der Waals surface area contributed by atoms with Crippen molar-refractivity contribution in [2.24, 2.45) is 0 Å². The van der Waals surface area contributed by atoms with Gasteiger partial charge in [-0.2, -0.15) is 5.10 Å². The van der Waals surface area contributed by atoms with Crippen LogP contribution in [0.5, 0.6) is 0 Å². The van der Waals surface area contributed by atoms with Gasteiger partial charge in [-0.3, -0.25) is 4.79 Å². The summed E-state index contributed by atoms with van der Waals surface area (Å²) in [4.78, 5) is 19.4. The summed E-state index contributed by atoms with van der Waals surface area (Å²) in [6, 6.07) is 1.60. The van der Waals surface area contributed by atoms with Gasteiger partial charge in [0.05, 0.1) is 17.0 Å². The summed E-state index contributed by atoms with van der Waals surface area (Å²) in [5, 5.41) is 4.63. The molecule has 0 amide bonds. The molecule has 0 aliphatic heterocycles. The Morgan fingerprint density at radius 2 is 2.06 bits per heavy atom. The maximum absolute atomic E-state index is 11.5. The smallest absolute Gasteiger partial charge is 0.163 e. The lowest BCUT2D eigenvalue weighted by molar-refractivity contribution is 0.101. The Kier molecular flexibility index (Phi) is 2.93. The molecule has 0 N–H and O–H groups in total. The number of nitrogens with zero attached hydrogens (tertiary/aromatic N) is 4. The first kappa shape index (κ1) is 11.7. The molecule has 0 bridgehead atoms. The highest BCUT2D eigenvalue weighted by molar-refractivity contribution is 6.29. The third kappa shape index (κ3) is 2.06. The number of Topliss-reactive ketones (excluding diaryl/α,β-unsaturated/α-hetero) is 1. The van der Waals surface area contributed by atoms with Crippen molar-refractivity contribution < 1.29 is 4.79 Å². The van der Waals surface area contributed by atoms with Gasteiger partial charge in [0.15, 0.2) is 11.6 Å². The van der Waals surface area contributed by atoms with Gasteiger partial charge in [-0.05, 0) is 20.8 Å². The summed E-state index contributed by atoms with van der Waals surface area (Å²) in [6.07, 6.45) is 1.36. The Balaban J connectivity index is 2.62. The average molecular weight is 251 g/mol. The Morgan fingerprint density at radius 1 is 1.35 bits per heavy atom. The molecule has 0 atom stereocenters. The molecule has 0 aliphatic carbocycles. The van der Waals surface area contributed by atoms with Crippen molar-refractivity contribution in [3.8, 4) is 5.82 Å². The average Bonchev–Trinajstić information content (AvgIpc) is 2.54.